The molecule has 1 aliphatic rings. The number of rotatable bonds is 3. The van der Waals surface area contributed by atoms with Gasteiger partial charge in [0.25, 0.3) is 0 Å². The molecule has 0 amide bonds. The lowest BCUT2D eigenvalue weighted by Gasteiger charge is -2.25. The van der Waals surface area contributed by atoms with E-state index >= 15 is 0 Å². The summed E-state index contributed by atoms with van der Waals surface area (Å²) in [7, 11) is 0. The number of phenols is 1. The van der Waals surface area contributed by atoms with Gasteiger partial charge >= 0.3 is 0 Å². The zero-order chi connectivity index (χ0) is 13.9. The minimum absolute atomic E-state index is 0.240. The average Bonchev–Trinajstić information content (AvgIpc) is 2.49. The summed E-state index contributed by atoms with van der Waals surface area (Å²) >= 11 is 0. The van der Waals surface area contributed by atoms with Crippen molar-refractivity contribution < 1.29 is 5.11 Å². The van der Waals surface area contributed by atoms with Crippen LogP contribution in [-0.4, -0.2) is 28.2 Å². The molecule has 0 spiro atoms. The molecular weight excluding hydrogens is 252 g/mol. The summed E-state index contributed by atoms with van der Waals surface area (Å²) in [6.07, 6.45) is 5.98. The van der Waals surface area contributed by atoms with Gasteiger partial charge in [-0.2, -0.15) is 4.98 Å². The van der Waals surface area contributed by atoms with Crippen molar-refractivity contribution in [3.8, 4) is 5.75 Å². The van der Waals surface area contributed by atoms with Crippen molar-refractivity contribution in [1.82, 2.24) is 9.97 Å². The Morgan fingerprint density at radius 2 is 2.10 bits per heavy atom. The topological polar surface area (TPSA) is 61.3 Å². The number of likely N-dealkylation sites (N-methyl/N-ethyl adjacent to an activating group) is 1. The molecule has 5 nitrogen and oxygen atoms in total. The van der Waals surface area contributed by atoms with Gasteiger partial charge in [-0.1, -0.05) is 12.2 Å². The second-order valence-electron chi connectivity index (χ2n) is 4.59. The number of anilines is 3. The second-order valence-corrected chi connectivity index (χ2v) is 4.59. The first kappa shape index (κ1) is 12.5. The first-order valence-electron chi connectivity index (χ1n) is 6.61. The van der Waals surface area contributed by atoms with Crippen molar-refractivity contribution in [3.63, 3.8) is 0 Å². The molecule has 0 bridgehead atoms. The molecular formula is C15H16N4O. The molecule has 0 unspecified atom stereocenters. The summed E-state index contributed by atoms with van der Waals surface area (Å²) in [5, 5.41) is 12.4. The van der Waals surface area contributed by atoms with Gasteiger partial charge < -0.3 is 15.3 Å². The van der Waals surface area contributed by atoms with Gasteiger partial charge in [-0.15, -0.1) is 0 Å². The number of nitrogens with zero attached hydrogens (tertiary/aromatic N) is 3. The number of aromatic nitrogens is 2. The highest BCUT2D eigenvalue weighted by Crippen LogP contribution is 2.25. The molecule has 0 saturated carbocycles. The molecule has 0 saturated heterocycles. The van der Waals surface area contributed by atoms with Gasteiger partial charge in [-0.3, -0.25) is 0 Å². The zero-order valence-corrected chi connectivity index (χ0v) is 11.2. The Morgan fingerprint density at radius 1 is 1.30 bits per heavy atom. The van der Waals surface area contributed by atoms with Crippen LogP contribution in [-0.2, 0) is 0 Å². The summed E-state index contributed by atoms with van der Waals surface area (Å²) < 4.78 is 0. The minimum atomic E-state index is 0.240. The lowest BCUT2D eigenvalue weighted by Crippen LogP contribution is -2.27. The lowest BCUT2D eigenvalue weighted by molar-refractivity contribution is 0.475. The van der Waals surface area contributed by atoms with Crippen LogP contribution in [0.1, 0.15) is 12.5 Å². The third-order valence-electron chi connectivity index (χ3n) is 3.22. The van der Waals surface area contributed by atoms with Gasteiger partial charge in [-0.05, 0) is 31.2 Å². The molecule has 1 aliphatic heterocycles. The standard InChI is InChI=1S/C15H16N4O/c1-2-19-9-3-4-11-10-16-15(18-14(11)19)17-12-5-7-13(20)8-6-12/h3-8,10,20H,2,9H2,1H3,(H,16,17,18). The Bertz CT molecular complexity index is 637. The highest BCUT2D eigenvalue weighted by Gasteiger charge is 2.14. The van der Waals surface area contributed by atoms with Crippen LogP contribution in [0.15, 0.2) is 36.5 Å². The Balaban J connectivity index is 1.88. The zero-order valence-electron chi connectivity index (χ0n) is 11.2. The van der Waals surface area contributed by atoms with Crippen LogP contribution in [0.2, 0.25) is 0 Å². The largest absolute Gasteiger partial charge is 0.508 e. The number of hydrogen-bond donors (Lipinski definition) is 2. The number of benzene rings is 1. The predicted molar refractivity (Wildman–Crippen MR) is 80.3 cm³/mol. The van der Waals surface area contributed by atoms with E-state index in [9.17, 15) is 5.11 Å². The fourth-order valence-corrected chi connectivity index (χ4v) is 2.16. The quantitative estimate of drug-likeness (QED) is 0.838. The molecule has 102 valence electrons. The van der Waals surface area contributed by atoms with E-state index in [1.165, 1.54) is 0 Å². The van der Waals surface area contributed by atoms with Crippen LogP contribution in [0.25, 0.3) is 6.08 Å². The maximum Gasteiger partial charge on any atom is 0.229 e. The van der Waals surface area contributed by atoms with Gasteiger partial charge in [0.15, 0.2) is 0 Å². The number of hydrogen-bond acceptors (Lipinski definition) is 5. The van der Waals surface area contributed by atoms with Crippen LogP contribution in [0.5, 0.6) is 5.75 Å². The molecule has 2 N–H and O–H groups in total. The summed E-state index contributed by atoms with van der Waals surface area (Å²) in [5.74, 6) is 1.75. The Morgan fingerprint density at radius 3 is 2.85 bits per heavy atom. The van der Waals surface area contributed by atoms with E-state index in [1.807, 2.05) is 12.3 Å². The van der Waals surface area contributed by atoms with Gasteiger partial charge in [0.2, 0.25) is 5.95 Å². The molecule has 3 rings (SSSR count). The number of nitrogens with one attached hydrogen (secondary N) is 1. The first-order valence-corrected chi connectivity index (χ1v) is 6.61. The maximum absolute atomic E-state index is 9.27. The van der Waals surface area contributed by atoms with Crippen LogP contribution < -0.4 is 10.2 Å². The van der Waals surface area contributed by atoms with E-state index < -0.39 is 0 Å². The highest BCUT2D eigenvalue weighted by atomic mass is 16.3. The monoisotopic (exact) mass is 268 g/mol. The second kappa shape index (κ2) is 5.21. The molecule has 0 aliphatic carbocycles. The molecule has 2 aromatic rings. The molecule has 0 fully saturated rings. The van der Waals surface area contributed by atoms with Crippen molar-refractivity contribution in [2.24, 2.45) is 0 Å². The number of aromatic hydroxyl groups is 1. The molecule has 2 heterocycles. The Labute approximate surface area is 117 Å². The van der Waals surface area contributed by atoms with Gasteiger partial charge in [0, 0.05) is 30.5 Å². The summed E-state index contributed by atoms with van der Waals surface area (Å²) in [4.78, 5) is 11.1. The first-order chi connectivity index (χ1) is 9.76. The predicted octanol–water partition coefficient (Wildman–Crippen LogP) is 2.78. The minimum Gasteiger partial charge on any atom is -0.508 e. The molecule has 0 radical (unpaired) electrons. The van der Waals surface area contributed by atoms with E-state index in [0.29, 0.717) is 5.95 Å². The van der Waals surface area contributed by atoms with Crippen molar-refractivity contribution in [1.29, 1.82) is 0 Å². The van der Waals surface area contributed by atoms with Crippen LogP contribution >= 0.6 is 0 Å². The van der Waals surface area contributed by atoms with Crippen molar-refractivity contribution in [3.05, 3.63) is 42.1 Å². The summed E-state index contributed by atoms with van der Waals surface area (Å²) in [6, 6.07) is 6.83. The molecule has 20 heavy (non-hydrogen) atoms. The normalized spacial score (nSPS) is 13.2. The molecule has 0 atom stereocenters. The van der Waals surface area contributed by atoms with E-state index in [0.717, 1.165) is 30.2 Å². The fraction of sp³-hybridized carbons (Fsp3) is 0.200. The van der Waals surface area contributed by atoms with Crippen molar-refractivity contribution in [2.45, 2.75) is 6.92 Å². The van der Waals surface area contributed by atoms with Gasteiger partial charge in [0.05, 0.1) is 0 Å². The smallest absolute Gasteiger partial charge is 0.229 e. The molecule has 5 heteroatoms. The lowest BCUT2D eigenvalue weighted by atomic mass is 10.2. The summed E-state index contributed by atoms with van der Waals surface area (Å²) in [6.45, 7) is 3.89. The third kappa shape index (κ3) is 2.42. The Hall–Kier alpha value is -2.56. The van der Waals surface area contributed by atoms with E-state index in [4.69, 9.17) is 0 Å². The SMILES string of the molecule is CCN1CC=Cc2cnc(Nc3ccc(O)cc3)nc21. The Kier molecular flexibility index (Phi) is 3.25. The third-order valence-corrected chi connectivity index (χ3v) is 3.22. The number of fused-ring (bicyclic) bond motifs is 1. The van der Waals surface area contributed by atoms with E-state index in [1.54, 1.807) is 24.3 Å². The average molecular weight is 268 g/mol. The number of phenolic OH excluding ortho intramolecular Hbond substituents is 1. The van der Waals surface area contributed by atoms with Crippen molar-refractivity contribution >= 4 is 23.5 Å². The summed E-state index contributed by atoms with van der Waals surface area (Å²) in [5.41, 5.74) is 1.88. The highest BCUT2D eigenvalue weighted by molar-refractivity contribution is 5.69. The van der Waals surface area contributed by atoms with Gasteiger partial charge in [-0.25, -0.2) is 4.98 Å². The van der Waals surface area contributed by atoms with Crippen LogP contribution in [0.3, 0.4) is 0 Å². The van der Waals surface area contributed by atoms with Crippen LogP contribution in [0, 0.1) is 0 Å². The van der Waals surface area contributed by atoms with E-state index in [2.05, 4.69) is 33.2 Å². The fourth-order valence-electron chi connectivity index (χ4n) is 2.16. The van der Waals surface area contributed by atoms with E-state index in [-0.39, 0.29) is 5.75 Å². The maximum atomic E-state index is 9.27. The van der Waals surface area contributed by atoms with Gasteiger partial charge in [0.1, 0.15) is 11.6 Å². The van der Waals surface area contributed by atoms with Crippen molar-refractivity contribution in [2.75, 3.05) is 23.3 Å². The molecule has 1 aromatic carbocycles. The molecule has 1 aromatic heterocycles. The van der Waals surface area contributed by atoms with Crippen LogP contribution in [0.4, 0.5) is 17.5 Å².